The fourth-order valence-electron chi connectivity index (χ4n) is 0.671. The molecule has 0 aliphatic heterocycles. The zero-order valence-corrected chi connectivity index (χ0v) is 17.5. The van der Waals surface area contributed by atoms with Crippen LogP contribution in [0.3, 0.4) is 0 Å². The van der Waals surface area contributed by atoms with Crippen molar-refractivity contribution in [3.8, 4) is 0 Å². The van der Waals surface area contributed by atoms with E-state index in [9.17, 15) is 0 Å². The summed E-state index contributed by atoms with van der Waals surface area (Å²) in [6.07, 6.45) is 0. The van der Waals surface area contributed by atoms with Crippen LogP contribution in [0, 0.1) is 0 Å². The van der Waals surface area contributed by atoms with Gasteiger partial charge in [0.15, 0.2) is 0 Å². The number of rotatable bonds is 6. The van der Waals surface area contributed by atoms with Gasteiger partial charge >= 0.3 is 146 Å². The molecule has 0 spiro atoms. The summed E-state index contributed by atoms with van der Waals surface area (Å²) < 4.78 is 17.5. The summed E-state index contributed by atoms with van der Waals surface area (Å²) >= 11 is 13.8. The Bertz CT molecular complexity index is 267. The Hall–Kier alpha value is 1.28. The average Bonchev–Trinajstić information content (AvgIpc) is 2.29. The second-order valence-corrected chi connectivity index (χ2v) is 19.8. The van der Waals surface area contributed by atoms with Crippen LogP contribution in [0.1, 0.15) is 20.8 Å². The third kappa shape index (κ3) is 11.6. The van der Waals surface area contributed by atoms with Gasteiger partial charge in [-0.25, -0.2) is 0 Å². The fraction of sp³-hybridized carbons (Fsp3) is 0.667. The van der Waals surface area contributed by atoms with Gasteiger partial charge in [0.05, 0.1) is 0 Å². The van der Waals surface area contributed by atoms with Crippen molar-refractivity contribution in [1.82, 2.24) is 0 Å². The molecule has 0 N–H and O–H groups in total. The minimum atomic E-state index is -1.62. The van der Waals surface area contributed by atoms with Crippen LogP contribution in [-0.4, -0.2) is 44.2 Å². The van der Waals surface area contributed by atoms with Crippen molar-refractivity contribution in [1.29, 1.82) is 0 Å². The maximum atomic E-state index is 5.29. The second kappa shape index (κ2) is 13.0. The first kappa shape index (κ1) is 20.3. The Labute approximate surface area is 144 Å². The van der Waals surface area contributed by atoms with Crippen molar-refractivity contribution in [3.05, 3.63) is 0 Å². The summed E-state index contributed by atoms with van der Waals surface area (Å²) in [6, 6.07) is 0. The van der Waals surface area contributed by atoms with Gasteiger partial charge in [0.25, 0.3) is 0 Å². The third-order valence-electron chi connectivity index (χ3n) is 1.23. The molecule has 0 bridgehead atoms. The van der Waals surface area contributed by atoms with Gasteiger partial charge in [-0.1, -0.05) is 0 Å². The molecule has 0 rings (SSSR count). The van der Waals surface area contributed by atoms with E-state index in [-0.39, 0.29) is 0 Å². The summed E-state index contributed by atoms with van der Waals surface area (Å²) in [6.45, 7) is 7.40. The topological polar surface area (TPSA) is 27.7 Å². The van der Waals surface area contributed by atoms with E-state index >= 15 is 0 Å². The Kier molecular flexibility index (Phi) is 13.9. The molecule has 0 amide bonds. The predicted octanol–water partition coefficient (Wildman–Crippen LogP) is 4.14. The Balaban J connectivity index is 4.40. The van der Waals surface area contributed by atoms with Gasteiger partial charge in [0.2, 0.25) is 0 Å². The van der Waals surface area contributed by atoms with Crippen LogP contribution < -0.4 is 0 Å². The molecule has 0 aliphatic rings. The summed E-state index contributed by atoms with van der Waals surface area (Å²) in [5.41, 5.74) is 0. The van der Waals surface area contributed by atoms with Crippen molar-refractivity contribution < 1.29 is 14.2 Å². The standard InChI is InChI=1S/C9H15AsO3S6/c1-4-11-7(14)17-10(18-8(15)12-5-2)19-9(16)13-6-3/h4-6H2,1-3H3. The quantitative estimate of drug-likeness (QED) is 0.448. The first-order chi connectivity index (χ1) is 9.03. The molecule has 0 saturated heterocycles. The van der Waals surface area contributed by atoms with Crippen molar-refractivity contribution >= 4 is 91.1 Å². The van der Waals surface area contributed by atoms with E-state index in [2.05, 4.69) is 0 Å². The van der Waals surface area contributed by atoms with Crippen LogP contribution in [0.15, 0.2) is 0 Å². The molecule has 110 valence electrons. The van der Waals surface area contributed by atoms with Gasteiger partial charge in [0, 0.05) is 0 Å². The van der Waals surface area contributed by atoms with Crippen molar-refractivity contribution in [3.63, 3.8) is 0 Å². The van der Waals surface area contributed by atoms with Crippen LogP contribution >= 0.6 is 66.7 Å². The predicted molar refractivity (Wildman–Crippen MR) is 101 cm³/mol. The number of hydrogen-bond donors (Lipinski definition) is 0. The van der Waals surface area contributed by atoms with Crippen LogP contribution in [0.2, 0.25) is 0 Å². The van der Waals surface area contributed by atoms with Gasteiger partial charge < -0.3 is 0 Å². The molecule has 0 aliphatic carbocycles. The summed E-state index contributed by atoms with van der Waals surface area (Å²) in [7, 11) is 4.57. The third-order valence-corrected chi connectivity index (χ3v) is 18.9. The summed E-state index contributed by atoms with van der Waals surface area (Å²) in [5.74, 6) is 0. The van der Waals surface area contributed by atoms with Crippen molar-refractivity contribution in [2.24, 2.45) is 0 Å². The van der Waals surface area contributed by atoms with E-state index in [1.54, 1.807) is 0 Å². The second-order valence-electron chi connectivity index (χ2n) is 2.55. The van der Waals surface area contributed by atoms with Crippen molar-refractivity contribution in [2.75, 3.05) is 19.8 Å². The first-order valence-electron chi connectivity index (χ1n) is 5.37. The number of hydrogen-bond acceptors (Lipinski definition) is 9. The van der Waals surface area contributed by atoms with E-state index in [4.69, 9.17) is 50.9 Å². The molecule has 0 radical (unpaired) electrons. The van der Waals surface area contributed by atoms with Gasteiger partial charge in [-0.2, -0.15) is 0 Å². The monoisotopic (exact) mass is 438 g/mol. The van der Waals surface area contributed by atoms with E-state index < -0.39 is 11.2 Å². The zero-order valence-electron chi connectivity index (χ0n) is 10.7. The zero-order chi connectivity index (χ0) is 14.7. The molecule has 0 aromatic heterocycles. The molecule has 10 heteroatoms. The van der Waals surface area contributed by atoms with Crippen LogP contribution in [-0.2, 0) is 14.2 Å². The maximum absolute atomic E-state index is 5.29. The minimum absolute atomic E-state index is 0.529. The average molecular weight is 439 g/mol. The Morgan fingerprint density at radius 2 is 1.00 bits per heavy atom. The molecule has 0 unspecified atom stereocenters. The summed E-state index contributed by atoms with van der Waals surface area (Å²) in [5, 5.41) is 0. The van der Waals surface area contributed by atoms with Crippen LogP contribution in [0.5, 0.6) is 0 Å². The van der Waals surface area contributed by atoms with Gasteiger partial charge in [-0.15, -0.1) is 0 Å². The Morgan fingerprint density at radius 1 is 0.737 bits per heavy atom. The van der Waals surface area contributed by atoms with Crippen molar-refractivity contribution in [2.45, 2.75) is 20.8 Å². The molecular weight excluding hydrogens is 423 g/mol. The molecule has 0 aromatic rings. The molecule has 19 heavy (non-hydrogen) atoms. The molecule has 0 atom stereocenters. The molecule has 3 nitrogen and oxygen atoms in total. The van der Waals surface area contributed by atoms with Crippen LogP contribution in [0.4, 0.5) is 0 Å². The molecular formula is C9H15AsO3S6. The SMILES string of the molecule is CCOC(=S)S[As](SC(=S)OCC)SC(=S)OCC. The van der Waals surface area contributed by atoms with E-state index in [1.807, 2.05) is 20.8 Å². The number of ether oxygens (including phenoxy) is 3. The first-order valence-corrected chi connectivity index (χ1v) is 15.8. The molecule has 0 aromatic carbocycles. The van der Waals surface area contributed by atoms with Gasteiger partial charge in [-0.05, 0) is 0 Å². The van der Waals surface area contributed by atoms with Gasteiger partial charge in [-0.3, -0.25) is 0 Å². The van der Waals surface area contributed by atoms with Gasteiger partial charge in [0.1, 0.15) is 0 Å². The van der Waals surface area contributed by atoms with E-state index in [0.29, 0.717) is 33.0 Å². The molecule has 0 fully saturated rings. The Morgan fingerprint density at radius 3 is 1.21 bits per heavy atom. The molecule has 0 heterocycles. The molecule has 0 saturated carbocycles. The van der Waals surface area contributed by atoms with E-state index in [0.717, 1.165) is 0 Å². The number of thiocarbonyl (C=S) groups is 3. The fourth-order valence-corrected chi connectivity index (χ4v) is 22.0. The van der Waals surface area contributed by atoms with E-state index in [1.165, 1.54) is 30.1 Å². The summed E-state index contributed by atoms with van der Waals surface area (Å²) in [4.78, 5) is 0. The van der Waals surface area contributed by atoms with Crippen LogP contribution in [0.25, 0.3) is 0 Å². The normalized spacial score (nSPS) is 10.1.